The Balaban J connectivity index is 2.10. The SMILES string of the molecule is C=C(C)C(=O)OCCCC(=O)NCCc1ccc(N)cc1. The first-order valence-corrected chi connectivity index (χ1v) is 6.93. The highest BCUT2D eigenvalue weighted by Crippen LogP contribution is 2.05. The number of hydrogen-bond donors (Lipinski definition) is 2. The number of anilines is 1. The molecule has 5 heteroatoms. The fourth-order valence-corrected chi connectivity index (χ4v) is 1.64. The zero-order valence-electron chi connectivity index (χ0n) is 12.4. The van der Waals surface area contributed by atoms with E-state index in [1.807, 2.05) is 24.3 Å². The van der Waals surface area contributed by atoms with E-state index in [1.165, 1.54) is 0 Å². The molecule has 114 valence electrons. The van der Waals surface area contributed by atoms with Gasteiger partial charge in [0.2, 0.25) is 5.91 Å². The van der Waals surface area contributed by atoms with E-state index in [4.69, 9.17) is 10.5 Å². The van der Waals surface area contributed by atoms with Gasteiger partial charge in [-0.25, -0.2) is 4.79 Å². The standard InChI is InChI=1S/C16H22N2O3/c1-12(2)16(20)21-11-3-4-15(19)18-10-9-13-5-7-14(17)8-6-13/h5-8H,1,3-4,9-11,17H2,2H3,(H,18,19). The summed E-state index contributed by atoms with van der Waals surface area (Å²) < 4.78 is 4.91. The summed E-state index contributed by atoms with van der Waals surface area (Å²) in [7, 11) is 0. The molecule has 0 bridgehead atoms. The van der Waals surface area contributed by atoms with Crippen LogP contribution in [0.1, 0.15) is 25.3 Å². The van der Waals surface area contributed by atoms with Gasteiger partial charge < -0.3 is 15.8 Å². The Labute approximate surface area is 125 Å². The van der Waals surface area contributed by atoms with Crippen molar-refractivity contribution in [2.24, 2.45) is 0 Å². The van der Waals surface area contributed by atoms with Gasteiger partial charge in [-0.2, -0.15) is 0 Å². The number of hydrogen-bond acceptors (Lipinski definition) is 4. The summed E-state index contributed by atoms with van der Waals surface area (Å²) >= 11 is 0. The Hall–Kier alpha value is -2.30. The van der Waals surface area contributed by atoms with Gasteiger partial charge in [0.15, 0.2) is 0 Å². The number of carbonyl (C=O) groups is 2. The van der Waals surface area contributed by atoms with Gasteiger partial charge in [-0.1, -0.05) is 18.7 Å². The van der Waals surface area contributed by atoms with E-state index in [0.29, 0.717) is 25.0 Å². The number of nitrogen functional groups attached to an aromatic ring is 1. The van der Waals surface area contributed by atoms with Gasteiger partial charge in [0.05, 0.1) is 6.61 Å². The third-order valence-corrected chi connectivity index (χ3v) is 2.85. The molecule has 1 amide bonds. The molecule has 0 unspecified atom stereocenters. The third kappa shape index (κ3) is 7.15. The summed E-state index contributed by atoms with van der Waals surface area (Å²) in [6.45, 7) is 5.88. The van der Waals surface area contributed by atoms with Crippen molar-refractivity contribution in [2.45, 2.75) is 26.2 Å². The van der Waals surface area contributed by atoms with Crippen molar-refractivity contribution in [3.05, 3.63) is 42.0 Å². The number of benzene rings is 1. The average molecular weight is 290 g/mol. The Morgan fingerprint density at radius 3 is 2.57 bits per heavy atom. The maximum Gasteiger partial charge on any atom is 0.333 e. The first kappa shape index (κ1) is 16.8. The number of rotatable bonds is 8. The minimum atomic E-state index is -0.418. The van der Waals surface area contributed by atoms with Crippen LogP contribution in [0.15, 0.2) is 36.4 Å². The lowest BCUT2D eigenvalue weighted by Gasteiger charge is -2.06. The number of carbonyl (C=O) groups excluding carboxylic acids is 2. The molecule has 0 atom stereocenters. The molecule has 0 radical (unpaired) electrons. The molecule has 0 saturated carbocycles. The van der Waals surface area contributed by atoms with Gasteiger partial charge in [-0.05, 0) is 37.5 Å². The fourth-order valence-electron chi connectivity index (χ4n) is 1.64. The van der Waals surface area contributed by atoms with E-state index in [0.717, 1.165) is 17.7 Å². The minimum Gasteiger partial charge on any atom is -0.462 e. The largest absolute Gasteiger partial charge is 0.462 e. The van der Waals surface area contributed by atoms with Crippen LogP contribution >= 0.6 is 0 Å². The molecular weight excluding hydrogens is 268 g/mol. The predicted molar refractivity (Wildman–Crippen MR) is 82.6 cm³/mol. The van der Waals surface area contributed by atoms with E-state index in [9.17, 15) is 9.59 Å². The van der Waals surface area contributed by atoms with E-state index in [2.05, 4.69) is 11.9 Å². The van der Waals surface area contributed by atoms with Gasteiger partial charge in [0, 0.05) is 24.2 Å². The van der Waals surface area contributed by atoms with Crippen molar-refractivity contribution in [2.75, 3.05) is 18.9 Å². The summed E-state index contributed by atoms with van der Waals surface area (Å²) in [5.41, 5.74) is 7.82. The second-order valence-electron chi connectivity index (χ2n) is 4.86. The Bertz CT molecular complexity index is 495. The molecule has 0 heterocycles. The van der Waals surface area contributed by atoms with Gasteiger partial charge in [-0.15, -0.1) is 0 Å². The molecule has 0 aromatic heterocycles. The summed E-state index contributed by atoms with van der Waals surface area (Å²) in [6, 6.07) is 7.57. The first-order valence-electron chi connectivity index (χ1n) is 6.93. The lowest BCUT2D eigenvalue weighted by atomic mass is 10.1. The van der Waals surface area contributed by atoms with Gasteiger partial charge >= 0.3 is 5.97 Å². The highest BCUT2D eigenvalue weighted by Gasteiger charge is 2.04. The molecule has 21 heavy (non-hydrogen) atoms. The van der Waals surface area contributed by atoms with Crippen molar-refractivity contribution in [1.29, 1.82) is 0 Å². The van der Waals surface area contributed by atoms with Crippen LogP contribution in [-0.2, 0) is 20.7 Å². The molecule has 0 aliphatic heterocycles. The van der Waals surface area contributed by atoms with Crippen molar-refractivity contribution in [1.82, 2.24) is 5.32 Å². The van der Waals surface area contributed by atoms with Gasteiger partial charge in [0.1, 0.15) is 0 Å². The second-order valence-corrected chi connectivity index (χ2v) is 4.86. The summed E-state index contributed by atoms with van der Waals surface area (Å²) in [4.78, 5) is 22.7. The molecule has 0 fully saturated rings. The van der Waals surface area contributed by atoms with E-state index >= 15 is 0 Å². The number of amides is 1. The van der Waals surface area contributed by atoms with Crippen LogP contribution in [0.2, 0.25) is 0 Å². The quantitative estimate of drug-likeness (QED) is 0.331. The van der Waals surface area contributed by atoms with Crippen LogP contribution in [0, 0.1) is 0 Å². The lowest BCUT2D eigenvalue weighted by molar-refractivity contribution is -0.139. The average Bonchev–Trinajstić information content (AvgIpc) is 2.45. The number of nitrogens with two attached hydrogens (primary N) is 1. The van der Waals surface area contributed by atoms with Crippen LogP contribution in [0.3, 0.4) is 0 Å². The predicted octanol–water partition coefficient (Wildman–Crippen LogP) is 1.83. The summed E-state index contributed by atoms with van der Waals surface area (Å²) in [6.07, 6.45) is 1.61. The second kappa shape index (κ2) is 8.79. The van der Waals surface area contributed by atoms with Crippen molar-refractivity contribution < 1.29 is 14.3 Å². The van der Waals surface area contributed by atoms with Crippen LogP contribution < -0.4 is 11.1 Å². The van der Waals surface area contributed by atoms with Crippen LogP contribution in [0.4, 0.5) is 5.69 Å². The van der Waals surface area contributed by atoms with E-state index < -0.39 is 5.97 Å². The van der Waals surface area contributed by atoms with Gasteiger partial charge in [-0.3, -0.25) is 4.79 Å². The zero-order valence-corrected chi connectivity index (χ0v) is 12.4. The number of nitrogens with one attached hydrogen (secondary N) is 1. The lowest BCUT2D eigenvalue weighted by Crippen LogP contribution is -2.25. The molecule has 1 aromatic carbocycles. The molecule has 0 spiro atoms. The number of ether oxygens (including phenoxy) is 1. The zero-order chi connectivity index (χ0) is 15.7. The number of esters is 1. The van der Waals surface area contributed by atoms with Crippen LogP contribution in [0.25, 0.3) is 0 Å². The molecular formula is C16H22N2O3. The highest BCUT2D eigenvalue weighted by atomic mass is 16.5. The van der Waals surface area contributed by atoms with E-state index in [-0.39, 0.29) is 12.5 Å². The van der Waals surface area contributed by atoms with Crippen molar-refractivity contribution in [3.8, 4) is 0 Å². The monoisotopic (exact) mass is 290 g/mol. The Morgan fingerprint density at radius 2 is 1.95 bits per heavy atom. The maximum absolute atomic E-state index is 11.6. The maximum atomic E-state index is 11.6. The van der Waals surface area contributed by atoms with Crippen LogP contribution in [-0.4, -0.2) is 25.0 Å². The third-order valence-electron chi connectivity index (χ3n) is 2.85. The molecule has 1 aromatic rings. The Morgan fingerprint density at radius 1 is 1.29 bits per heavy atom. The normalized spacial score (nSPS) is 9.95. The van der Waals surface area contributed by atoms with Crippen molar-refractivity contribution >= 4 is 17.6 Å². The molecule has 3 N–H and O–H groups in total. The highest BCUT2D eigenvalue weighted by molar-refractivity contribution is 5.86. The summed E-state index contributed by atoms with van der Waals surface area (Å²) in [5.74, 6) is -0.462. The Kier molecular flexibility index (Phi) is 7.01. The molecule has 5 nitrogen and oxygen atoms in total. The smallest absolute Gasteiger partial charge is 0.333 e. The molecule has 0 saturated heterocycles. The topological polar surface area (TPSA) is 81.4 Å². The summed E-state index contributed by atoms with van der Waals surface area (Å²) in [5, 5.41) is 2.83. The molecule has 0 aliphatic carbocycles. The van der Waals surface area contributed by atoms with E-state index in [1.54, 1.807) is 6.92 Å². The minimum absolute atomic E-state index is 0.0446. The molecule has 0 aliphatic rings. The fraction of sp³-hybridized carbons (Fsp3) is 0.375. The first-order chi connectivity index (χ1) is 9.99. The van der Waals surface area contributed by atoms with Gasteiger partial charge in [0.25, 0.3) is 0 Å². The van der Waals surface area contributed by atoms with Crippen LogP contribution in [0.5, 0.6) is 0 Å². The molecule has 1 rings (SSSR count). The van der Waals surface area contributed by atoms with Crippen molar-refractivity contribution in [3.63, 3.8) is 0 Å².